The molecule has 4 heteroatoms. The van der Waals surface area contributed by atoms with Crippen LogP contribution in [0, 0.1) is 0 Å². The van der Waals surface area contributed by atoms with Gasteiger partial charge in [0, 0.05) is 4.47 Å². The van der Waals surface area contributed by atoms with Crippen molar-refractivity contribution in [2.24, 2.45) is 0 Å². The Hall–Kier alpha value is -0.410. The summed E-state index contributed by atoms with van der Waals surface area (Å²) in [5.41, 5.74) is 1.10. The van der Waals surface area contributed by atoms with E-state index >= 15 is 0 Å². The molecular weight excluding hydrogens is 340 g/mol. The van der Waals surface area contributed by atoms with Crippen LogP contribution in [-0.2, 0) is 0 Å². The van der Waals surface area contributed by atoms with E-state index in [0.29, 0.717) is 13.2 Å². The summed E-state index contributed by atoms with van der Waals surface area (Å²) in [5.74, 6) is 1.62. The molecule has 2 rings (SSSR count). The molecule has 0 N–H and O–H groups in total. The van der Waals surface area contributed by atoms with Gasteiger partial charge < -0.3 is 9.47 Å². The molecule has 0 radical (unpaired) electrons. The number of halogens is 2. The van der Waals surface area contributed by atoms with Crippen molar-refractivity contribution in [2.75, 3.05) is 13.2 Å². The Morgan fingerprint density at radius 3 is 2.45 bits per heavy atom. The van der Waals surface area contributed by atoms with Crippen LogP contribution < -0.4 is 9.47 Å². The van der Waals surface area contributed by atoms with Gasteiger partial charge in [0.1, 0.15) is 13.2 Å². The molecule has 0 bridgehead atoms. The zero-order valence-electron chi connectivity index (χ0n) is 12.0. The van der Waals surface area contributed by atoms with Crippen molar-refractivity contribution in [3.63, 3.8) is 0 Å². The molecule has 1 aromatic carbocycles. The Bertz CT molecular complexity index is 437. The largest absolute Gasteiger partial charge is 0.486 e. The molecule has 1 atom stereocenters. The van der Waals surface area contributed by atoms with E-state index in [4.69, 9.17) is 21.1 Å². The first-order chi connectivity index (χ1) is 9.72. The second kappa shape index (κ2) is 8.14. The number of rotatable bonds is 7. The smallest absolute Gasteiger partial charge is 0.162 e. The summed E-state index contributed by atoms with van der Waals surface area (Å²) in [5, 5.41) is 0.0295. The second-order valence-corrected chi connectivity index (χ2v) is 6.57. The number of alkyl halides is 1. The fraction of sp³-hybridized carbons (Fsp3) is 0.625. The van der Waals surface area contributed by atoms with Crippen molar-refractivity contribution >= 4 is 27.5 Å². The predicted octanol–water partition coefficient (Wildman–Crippen LogP) is 5.86. The Kier molecular flexibility index (Phi) is 6.50. The quantitative estimate of drug-likeness (QED) is 0.447. The molecular formula is C16H22BrClO2. The lowest BCUT2D eigenvalue weighted by atomic mass is 10.0. The third kappa shape index (κ3) is 4.29. The molecule has 1 aliphatic rings. The summed E-state index contributed by atoms with van der Waals surface area (Å²) in [6.45, 7) is 3.45. The third-order valence-electron chi connectivity index (χ3n) is 3.56. The average molecular weight is 362 g/mol. The van der Waals surface area contributed by atoms with Gasteiger partial charge in [0.05, 0.1) is 5.38 Å². The summed E-state index contributed by atoms with van der Waals surface area (Å²) in [7, 11) is 0. The molecule has 0 spiro atoms. The van der Waals surface area contributed by atoms with Gasteiger partial charge >= 0.3 is 0 Å². The fourth-order valence-electron chi connectivity index (χ4n) is 2.40. The zero-order chi connectivity index (χ0) is 14.4. The molecule has 0 saturated heterocycles. The van der Waals surface area contributed by atoms with Gasteiger partial charge in [-0.15, -0.1) is 11.6 Å². The number of fused-ring (bicyclic) bond motifs is 1. The predicted molar refractivity (Wildman–Crippen MR) is 87.1 cm³/mol. The van der Waals surface area contributed by atoms with Gasteiger partial charge in [0.2, 0.25) is 0 Å². The topological polar surface area (TPSA) is 18.5 Å². The monoisotopic (exact) mass is 360 g/mol. The number of hydrogen-bond donors (Lipinski definition) is 0. The molecule has 1 heterocycles. The van der Waals surface area contributed by atoms with Gasteiger partial charge in [0.15, 0.2) is 11.5 Å². The van der Waals surface area contributed by atoms with Gasteiger partial charge in [0.25, 0.3) is 0 Å². The van der Waals surface area contributed by atoms with Crippen LogP contribution in [0.25, 0.3) is 0 Å². The van der Waals surface area contributed by atoms with Crippen LogP contribution in [-0.4, -0.2) is 13.2 Å². The molecule has 0 fully saturated rings. The minimum atomic E-state index is 0.0295. The van der Waals surface area contributed by atoms with Gasteiger partial charge in [-0.25, -0.2) is 0 Å². The standard InChI is InChI=1S/C16H22BrClO2/c1-2-3-4-5-6-7-14(18)12-10-15-16(11-13(12)17)20-9-8-19-15/h10-11,14H,2-9H2,1H3. The summed E-state index contributed by atoms with van der Waals surface area (Å²) < 4.78 is 12.2. The van der Waals surface area contributed by atoms with Crippen LogP contribution in [0.5, 0.6) is 11.5 Å². The first-order valence-corrected chi connectivity index (χ1v) is 8.68. The third-order valence-corrected chi connectivity index (χ3v) is 4.70. The van der Waals surface area contributed by atoms with E-state index in [1.807, 2.05) is 12.1 Å². The normalized spacial score (nSPS) is 15.2. The fourth-order valence-corrected chi connectivity index (χ4v) is 3.47. The number of hydrogen-bond acceptors (Lipinski definition) is 2. The lowest BCUT2D eigenvalue weighted by Gasteiger charge is -2.21. The summed E-state index contributed by atoms with van der Waals surface area (Å²) in [6, 6.07) is 3.98. The molecule has 1 aliphatic heterocycles. The summed E-state index contributed by atoms with van der Waals surface area (Å²) in [6.07, 6.45) is 7.35. The number of unbranched alkanes of at least 4 members (excludes halogenated alkanes) is 4. The first kappa shape index (κ1) is 16.0. The van der Waals surface area contributed by atoms with E-state index in [-0.39, 0.29) is 5.38 Å². The lowest BCUT2D eigenvalue weighted by molar-refractivity contribution is 0.171. The van der Waals surface area contributed by atoms with Gasteiger partial charge in [-0.05, 0) is 24.1 Å². The first-order valence-electron chi connectivity index (χ1n) is 7.45. The van der Waals surface area contributed by atoms with E-state index < -0.39 is 0 Å². The van der Waals surface area contributed by atoms with Gasteiger partial charge in [-0.1, -0.05) is 55.0 Å². The van der Waals surface area contributed by atoms with E-state index in [9.17, 15) is 0 Å². The Labute approximate surface area is 134 Å². The minimum Gasteiger partial charge on any atom is -0.486 e. The SMILES string of the molecule is CCCCCCCC(Cl)c1cc2c(cc1Br)OCCO2. The highest BCUT2D eigenvalue weighted by Crippen LogP contribution is 2.40. The molecule has 0 aliphatic carbocycles. The van der Waals surface area contributed by atoms with Crippen molar-refractivity contribution in [2.45, 2.75) is 50.8 Å². The van der Waals surface area contributed by atoms with Crippen molar-refractivity contribution < 1.29 is 9.47 Å². The van der Waals surface area contributed by atoms with E-state index in [2.05, 4.69) is 22.9 Å². The highest BCUT2D eigenvalue weighted by Gasteiger charge is 2.18. The Morgan fingerprint density at radius 2 is 1.75 bits per heavy atom. The van der Waals surface area contributed by atoms with Gasteiger partial charge in [-0.2, -0.15) is 0 Å². The van der Waals surface area contributed by atoms with Crippen molar-refractivity contribution in [1.82, 2.24) is 0 Å². The van der Waals surface area contributed by atoms with Crippen molar-refractivity contribution in [3.05, 3.63) is 22.2 Å². The van der Waals surface area contributed by atoms with Gasteiger partial charge in [-0.3, -0.25) is 0 Å². The molecule has 0 saturated carbocycles. The molecule has 112 valence electrons. The Balaban J connectivity index is 1.93. The highest BCUT2D eigenvalue weighted by molar-refractivity contribution is 9.10. The Morgan fingerprint density at radius 1 is 1.10 bits per heavy atom. The summed E-state index contributed by atoms with van der Waals surface area (Å²) in [4.78, 5) is 0. The maximum atomic E-state index is 6.54. The van der Waals surface area contributed by atoms with Crippen molar-refractivity contribution in [1.29, 1.82) is 0 Å². The summed E-state index contributed by atoms with van der Waals surface area (Å²) >= 11 is 10.1. The van der Waals surface area contributed by atoms with Crippen molar-refractivity contribution in [3.8, 4) is 11.5 Å². The number of ether oxygens (including phenoxy) is 2. The molecule has 0 amide bonds. The second-order valence-electron chi connectivity index (χ2n) is 5.19. The van der Waals surface area contributed by atoms with Crippen LogP contribution in [0.1, 0.15) is 56.4 Å². The lowest BCUT2D eigenvalue weighted by Crippen LogP contribution is -2.15. The molecule has 1 aromatic rings. The molecule has 1 unspecified atom stereocenters. The van der Waals surface area contributed by atoms with Crippen LogP contribution in [0.3, 0.4) is 0 Å². The maximum absolute atomic E-state index is 6.54. The highest BCUT2D eigenvalue weighted by atomic mass is 79.9. The molecule has 0 aromatic heterocycles. The van der Waals surface area contributed by atoms with E-state index in [1.165, 1.54) is 32.1 Å². The minimum absolute atomic E-state index is 0.0295. The van der Waals surface area contributed by atoms with E-state index in [0.717, 1.165) is 28.0 Å². The zero-order valence-corrected chi connectivity index (χ0v) is 14.3. The van der Waals surface area contributed by atoms with E-state index in [1.54, 1.807) is 0 Å². The number of benzene rings is 1. The maximum Gasteiger partial charge on any atom is 0.162 e. The van der Waals surface area contributed by atoms with Crippen LogP contribution in [0.4, 0.5) is 0 Å². The van der Waals surface area contributed by atoms with Crippen LogP contribution in [0.15, 0.2) is 16.6 Å². The van der Waals surface area contributed by atoms with Crippen LogP contribution >= 0.6 is 27.5 Å². The van der Waals surface area contributed by atoms with Crippen LogP contribution in [0.2, 0.25) is 0 Å². The molecule has 20 heavy (non-hydrogen) atoms. The average Bonchev–Trinajstić information content (AvgIpc) is 2.46. The molecule has 2 nitrogen and oxygen atoms in total.